The molecule has 6 rings (SSSR count). The Labute approximate surface area is 194 Å². The fourth-order valence-electron chi connectivity index (χ4n) is 4.83. The Morgan fingerprint density at radius 3 is 1.52 bits per heavy atom. The zero-order valence-electron chi connectivity index (χ0n) is 18.5. The standard InChI is InChI=1S/C32H23N/c1-22-16-17-26(21-33-22)25-18-19-29-30(20-25)32(24-12-6-3-7-13-24)28-15-9-8-14-27(28)31(29)23-10-4-2-5-11-23/h2-21H,1H3. The van der Waals surface area contributed by atoms with Gasteiger partial charge in [-0.15, -0.1) is 0 Å². The van der Waals surface area contributed by atoms with Gasteiger partial charge in [0.15, 0.2) is 0 Å². The Morgan fingerprint density at radius 1 is 0.424 bits per heavy atom. The van der Waals surface area contributed by atoms with E-state index < -0.39 is 0 Å². The Hall–Kier alpha value is -4.23. The van der Waals surface area contributed by atoms with Crippen LogP contribution in [0.25, 0.3) is 54.9 Å². The second-order valence-electron chi connectivity index (χ2n) is 8.48. The molecule has 0 N–H and O–H groups in total. The SMILES string of the molecule is Cc1ccc(-c2ccc3c(-c4ccccc4)c4ccccc4c(-c4ccccc4)c3c2)cn1. The van der Waals surface area contributed by atoms with E-state index in [0.717, 1.165) is 11.3 Å². The maximum Gasteiger partial charge on any atom is 0.0373 e. The molecule has 0 radical (unpaired) electrons. The van der Waals surface area contributed by atoms with Gasteiger partial charge in [-0.3, -0.25) is 4.98 Å². The van der Waals surface area contributed by atoms with E-state index in [1.807, 2.05) is 13.1 Å². The van der Waals surface area contributed by atoms with Crippen LogP contribution in [0.3, 0.4) is 0 Å². The Balaban J connectivity index is 1.77. The van der Waals surface area contributed by atoms with Crippen molar-refractivity contribution in [3.63, 3.8) is 0 Å². The molecule has 0 spiro atoms. The van der Waals surface area contributed by atoms with Crippen LogP contribution < -0.4 is 0 Å². The van der Waals surface area contributed by atoms with Gasteiger partial charge in [-0.25, -0.2) is 0 Å². The van der Waals surface area contributed by atoms with Gasteiger partial charge in [-0.1, -0.05) is 103 Å². The zero-order chi connectivity index (χ0) is 22.2. The third kappa shape index (κ3) is 3.39. The zero-order valence-corrected chi connectivity index (χ0v) is 18.5. The number of aryl methyl sites for hydroxylation is 1. The van der Waals surface area contributed by atoms with Gasteiger partial charge in [0.2, 0.25) is 0 Å². The monoisotopic (exact) mass is 421 g/mol. The summed E-state index contributed by atoms with van der Waals surface area (Å²) >= 11 is 0. The summed E-state index contributed by atoms with van der Waals surface area (Å²) in [5, 5.41) is 5.08. The van der Waals surface area contributed by atoms with Crippen molar-refractivity contribution < 1.29 is 0 Å². The van der Waals surface area contributed by atoms with Crippen molar-refractivity contribution in [3.8, 4) is 33.4 Å². The van der Waals surface area contributed by atoms with E-state index in [-0.39, 0.29) is 0 Å². The Morgan fingerprint density at radius 2 is 0.939 bits per heavy atom. The first-order chi connectivity index (χ1) is 16.3. The molecule has 33 heavy (non-hydrogen) atoms. The van der Waals surface area contributed by atoms with Gasteiger partial charge < -0.3 is 0 Å². The number of pyridine rings is 1. The highest BCUT2D eigenvalue weighted by molar-refractivity contribution is 6.21. The molecule has 0 atom stereocenters. The van der Waals surface area contributed by atoms with Crippen molar-refractivity contribution in [2.75, 3.05) is 0 Å². The molecule has 0 saturated carbocycles. The van der Waals surface area contributed by atoms with Crippen molar-refractivity contribution in [2.45, 2.75) is 6.92 Å². The van der Waals surface area contributed by atoms with Crippen molar-refractivity contribution >= 4 is 21.5 Å². The van der Waals surface area contributed by atoms with Crippen LogP contribution in [-0.4, -0.2) is 4.98 Å². The largest absolute Gasteiger partial charge is 0.261 e. The van der Waals surface area contributed by atoms with E-state index in [1.165, 1.54) is 49.4 Å². The lowest BCUT2D eigenvalue weighted by Crippen LogP contribution is -1.92. The highest BCUT2D eigenvalue weighted by Gasteiger charge is 2.17. The predicted molar refractivity (Wildman–Crippen MR) is 140 cm³/mol. The Kier molecular flexibility index (Phi) is 4.74. The number of benzene rings is 5. The molecule has 0 unspecified atom stereocenters. The molecule has 0 bridgehead atoms. The summed E-state index contributed by atoms with van der Waals surface area (Å²) in [6, 6.07) is 41.3. The number of aromatic nitrogens is 1. The van der Waals surface area contributed by atoms with Crippen LogP contribution in [0.15, 0.2) is 121 Å². The number of rotatable bonds is 3. The molecule has 1 heterocycles. The lowest BCUT2D eigenvalue weighted by Gasteiger charge is -2.18. The summed E-state index contributed by atoms with van der Waals surface area (Å²) in [4.78, 5) is 4.53. The van der Waals surface area contributed by atoms with E-state index in [0.29, 0.717) is 0 Å². The second-order valence-corrected chi connectivity index (χ2v) is 8.48. The highest BCUT2D eigenvalue weighted by Crippen LogP contribution is 2.44. The molecule has 0 amide bonds. The smallest absolute Gasteiger partial charge is 0.0373 e. The van der Waals surface area contributed by atoms with Crippen LogP contribution in [0, 0.1) is 6.92 Å². The Bertz CT molecular complexity index is 1580. The summed E-state index contributed by atoms with van der Waals surface area (Å²) in [5.41, 5.74) is 8.39. The first-order valence-corrected chi connectivity index (χ1v) is 11.3. The summed E-state index contributed by atoms with van der Waals surface area (Å²) in [6.45, 7) is 2.02. The minimum absolute atomic E-state index is 1.03. The van der Waals surface area contributed by atoms with Crippen LogP contribution in [0.4, 0.5) is 0 Å². The summed E-state index contributed by atoms with van der Waals surface area (Å²) in [5.74, 6) is 0. The van der Waals surface area contributed by atoms with Crippen molar-refractivity contribution in [1.29, 1.82) is 0 Å². The van der Waals surface area contributed by atoms with Gasteiger partial charge in [0, 0.05) is 17.5 Å². The average Bonchev–Trinajstić information content (AvgIpc) is 2.88. The molecule has 1 aromatic heterocycles. The van der Waals surface area contributed by atoms with Crippen LogP contribution >= 0.6 is 0 Å². The van der Waals surface area contributed by atoms with Gasteiger partial charge in [0.05, 0.1) is 0 Å². The lowest BCUT2D eigenvalue weighted by molar-refractivity contribution is 1.20. The molecule has 0 saturated heterocycles. The quantitative estimate of drug-likeness (QED) is 0.260. The maximum absolute atomic E-state index is 4.53. The molecule has 0 aliphatic carbocycles. The lowest BCUT2D eigenvalue weighted by atomic mass is 9.85. The normalized spacial score (nSPS) is 11.2. The topological polar surface area (TPSA) is 12.9 Å². The van der Waals surface area contributed by atoms with Crippen molar-refractivity contribution in [1.82, 2.24) is 4.98 Å². The number of fused-ring (bicyclic) bond motifs is 2. The molecule has 1 nitrogen and oxygen atoms in total. The fraction of sp³-hybridized carbons (Fsp3) is 0.0312. The molecular weight excluding hydrogens is 398 g/mol. The molecule has 0 fully saturated rings. The fourth-order valence-corrected chi connectivity index (χ4v) is 4.83. The number of nitrogens with zero attached hydrogens (tertiary/aromatic N) is 1. The third-order valence-electron chi connectivity index (χ3n) is 6.39. The summed E-state index contributed by atoms with van der Waals surface area (Å²) in [6.07, 6.45) is 1.97. The van der Waals surface area contributed by atoms with E-state index in [4.69, 9.17) is 0 Å². The minimum atomic E-state index is 1.03. The third-order valence-corrected chi connectivity index (χ3v) is 6.39. The maximum atomic E-state index is 4.53. The first-order valence-electron chi connectivity index (χ1n) is 11.3. The molecule has 5 aromatic carbocycles. The first kappa shape index (κ1) is 19.5. The van der Waals surface area contributed by atoms with Gasteiger partial charge in [-0.2, -0.15) is 0 Å². The molecular formula is C32H23N. The van der Waals surface area contributed by atoms with Gasteiger partial charge in [-0.05, 0) is 68.4 Å². The highest BCUT2D eigenvalue weighted by atomic mass is 14.7. The van der Waals surface area contributed by atoms with Crippen LogP contribution in [0.1, 0.15) is 5.69 Å². The van der Waals surface area contributed by atoms with E-state index in [9.17, 15) is 0 Å². The number of hydrogen-bond acceptors (Lipinski definition) is 1. The molecule has 0 aliphatic rings. The molecule has 156 valence electrons. The van der Waals surface area contributed by atoms with Gasteiger partial charge in [0.1, 0.15) is 0 Å². The van der Waals surface area contributed by atoms with Gasteiger partial charge in [0.25, 0.3) is 0 Å². The molecule has 6 aromatic rings. The number of hydrogen-bond donors (Lipinski definition) is 0. The summed E-state index contributed by atoms with van der Waals surface area (Å²) < 4.78 is 0. The average molecular weight is 422 g/mol. The van der Waals surface area contributed by atoms with Crippen LogP contribution in [-0.2, 0) is 0 Å². The minimum Gasteiger partial charge on any atom is -0.261 e. The van der Waals surface area contributed by atoms with Crippen molar-refractivity contribution in [2.24, 2.45) is 0 Å². The van der Waals surface area contributed by atoms with E-state index in [1.54, 1.807) is 0 Å². The summed E-state index contributed by atoms with van der Waals surface area (Å²) in [7, 11) is 0. The van der Waals surface area contributed by atoms with Crippen molar-refractivity contribution in [3.05, 3.63) is 127 Å². The second kappa shape index (κ2) is 8.03. The van der Waals surface area contributed by atoms with Gasteiger partial charge >= 0.3 is 0 Å². The van der Waals surface area contributed by atoms with E-state index in [2.05, 4.69) is 120 Å². The van der Waals surface area contributed by atoms with Crippen LogP contribution in [0.5, 0.6) is 0 Å². The predicted octanol–water partition coefficient (Wildman–Crippen LogP) is 8.70. The van der Waals surface area contributed by atoms with Crippen LogP contribution in [0.2, 0.25) is 0 Å². The van der Waals surface area contributed by atoms with E-state index >= 15 is 0 Å². The molecule has 0 aliphatic heterocycles. The molecule has 1 heteroatoms.